The molecule has 7 N–H and O–H groups in total. The van der Waals surface area contributed by atoms with Crippen LogP contribution in [0.1, 0.15) is 92.8 Å². The molecule has 0 fully saturated rings. The van der Waals surface area contributed by atoms with E-state index in [4.69, 9.17) is 39.1 Å². The fourth-order valence-electron chi connectivity index (χ4n) is 8.65. The van der Waals surface area contributed by atoms with Crippen molar-refractivity contribution in [3.8, 4) is 11.4 Å². The second-order valence-corrected chi connectivity index (χ2v) is 17.1. The third-order valence-corrected chi connectivity index (χ3v) is 12.4. The van der Waals surface area contributed by atoms with Crippen molar-refractivity contribution in [1.29, 1.82) is 0 Å². The van der Waals surface area contributed by atoms with E-state index in [1.807, 2.05) is 6.92 Å². The molecule has 4 heterocycles. The van der Waals surface area contributed by atoms with Gasteiger partial charge in [-0.2, -0.15) is 0 Å². The van der Waals surface area contributed by atoms with Crippen molar-refractivity contribution in [2.75, 3.05) is 66.1 Å². The van der Waals surface area contributed by atoms with Crippen molar-refractivity contribution >= 4 is 46.4 Å². The molecule has 69 heavy (non-hydrogen) atoms. The Hall–Kier alpha value is -5.91. The van der Waals surface area contributed by atoms with E-state index in [2.05, 4.69) is 21.3 Å². The number of nitrogens with one attached hydrogen (secondary N) is 4. The van der Waals surface area contributed by atoms with Gasteiger partial charge in [0.15, 0.2) is 5.60 Å². The number of carbonyl (C=O) groups excluding carboxylic acids is 6. The minimum absolute atomic E-state index is 0.0124. The highest BCUT2D eigenvalue weighted by atomic mass is 19.1. The maximum Gasteiger partial charge on any atom is 0.343 e. The van der Waals surface area contributed by atoms with Crippen LogP contribution in [-0.4, -0.2) is 134 Å². The van der Waals surface area contributed by atoms with Crippen molar-refractivity contribution in [2.24, 2.45) is 5.73 Å². The van der Waals surface area contributed by atoms with E-state index in [-0.39, 0.29) is 68.0 Å². The Bertz CT molecular complexity index is 2500. The Morgan fingerprint density at radius 2 is 1.48 bits per heavy atom. The maximum absolute atomic E-state index is 15.4. The number of esters is 1. The van der Waals surface area contributed by atoms with Crippen LogP contribution in [0.2, 0.25) is 0 Å². The summed E-state index contributed by atoms with van der Waals surface area (Å²) in [5.41, 5.74) is 6.14. The minimum Gasteiger partial charge on any atom is -0.458 e. The highest BCUT2D eigenvalue weighted by Crippen LogP contribution is 2.46. The molecular formula is C47H62FN7O14. The van der Waals surface area contributed by atoms with Crippen molar-refractivity contribution in [3.63, 3.8) is 0 Å². The molecule has 6 rings (SSSR count). The molecule has 22 heteroatoms. The van der Waals surface area contributed by atoms with Gasteiger partial charge in [0.1, 0.15) is 30.5 Å². The number of nitrogens with two attached hydrogens (primary N) is 1. The standard InChI is InChI=1S/C47H62FN7O14/c1-6-47(63)31-20-36-41-29(23-55(36)45(61)30(31)24-69-46(47)62)40-33(9-8-28-25(3)32(48)21-34(52-41)39(28)40)53-44(60)35(22-37(49)56)54-43(59)27(5)51-42(58)26(4)50-38(57)10-11-65-14-15-67-18-19-68-17-16-66-13-12-64-7-2/h20-21,26-27,33,35,63H,6-19,22-24H2,1-5H3,(H2,49,56)(H,50,57)(H,51,58)(H,53,60)(H,54,59)/t26-,27-,33-,35-,47-/m0/s1. The third kappa shape index (κ3) is 12.1. The molecule has 3 aliphatic rings. The van der Waals surface area contributed by atoms with Crippen LogP contribution >= 0.6 is 0 Å². The lowest BCUT2D eigenvalue weighted by Gasteiger charge is -2.31. The SMILES string of the molecule is CCOCCOCCOCCOCCOCCC(=O)N[C@@H](C)C(=O)N[C@@H](C)C(=O)N[C@@H](CC(N)=O)C(=O)N[C@H]1CCc2c(C)c(F)cc3nc4c(c1c23)Cn1c-4cc2c(c1=O)COC(=O)[C@]2(O)CC. The lowest BCUT2D eigenvalue weighted by atomic mass is 9.81. The van der Waals surface area contributed by atoms with Gasteiger partial charge in [-0.3, -0.25) is 28.8 Å². The molecule has 376 valence electrons. The van der Waals surface area contributed by atoms with Gasteiger partial charge in [0.05, 0.1) is 101 Å². The maximum atomic E-state index is 15.4. The number of pyridine rings is 2. The lowest BCUT2D eigenvalue weighted by molar-refractivity contribution is -0.172. The highest BCUT2D eigenvalue weighted by Gasteiger charge is 2.46. The summed E-state index contributed by atoms with van der Waals surface area (Å²) >= 11 is 0. The van der Waals surface area contributed by atoms with Crippen molar-refractivity contribution in [3.05, 3.63) is 61.7 Å². The largest absolute Gasteiger partial charge is 0.458 e. The smallest absolute Gasteiger partial charge is 0.343 e. The fourth-order valence-corrected chi connectivity index (χ4v) is 8.65. The monoisotopic (exact) mass is 967 g/mol. The zero-order chi connectivity index (χ0) is 50.0. The van der Waals surface area contributed by atoms with Gasteiger partial charge in [0, 0.05) is 35.6 Å². The third-order valence-electron chi connectivity index (χ3n) is 12.4. The van der Waals surface area contributed by atoms with Gasteiger partial charge in [0.2, 0.25) is 29.5 Å². The topological polar surface area (TPSA) is 287 Å². The van der Waals surface area contributed by atoms with Gasteiger partial charge >= 0.3 is 5.97 Å². The molecule has 0 bridgehead atoms. The lowest BCUT2D eigenvalue weighted by Crippen LogP contribution is -2.56. The van der Waals surface area contributed by atoms with Gasteiger partial charge < -0.3 is 65.1 Å². The fraction of sp³-hybridized carbons (Fsp3) is 0.574. The van der Waals surface area contributed by atoms with Crippen molar-refractivity contribution < 1.29 is 66.7 Å². The number of halogens is 1. The number of aryl methyl sites for hydroxylation is 1. The molecule has 21 nitrogen and oxygen atoms in total. The average Bonchev–Trinajstić information content (AvgIpc) is 3.69. The molecule has 5 atom stereocenters. The van der Waals surface area contributed by atoms with Crippen LogP contribution in [0.25, 0.3) is 22.3 Å². The van der Waals surface area contributed by atoms with Crippen LogP contribution in [0.4, 0.5) is 4.39 Å². The predicted molar refractivity (Wildman–Crippen MR) is 244 cm³/mol. The Morgan fingerprint density at radius 3 is 2.10 bits per heavy atom. The number of hydrogen-bond acceptors (Lipinski definition) is 15. The van der Waals surface area contributed by atoms with Crippen LogP contribution in [0.15, 0.2) is 16.9 Å². The number of aliphatic hydroxyl groups is 1. The first-order valence-electron chi connectivity index (χ1n) is 23.2. The predicted octanol–water partition coefficient (Wildman–Crippen LogP) is 0.493. The van der Waals surface area contributed by atoms with E-state index in [1.54, 1.807) is 13.8 Å². The summed E-state index contributed by atoms with van der Waals surface area (Å²) in [6.07, 6.45) is -0.149. The quantitative estimate of drug-likeness (QED) is 0.0369. The average molecular weight is 968 g/mol. The number of carbonyl (C=O) groups is 6. The van der Waals surface area contributed by atoms with E-state index in [1.165, 1.54) is 30.5 Å². The number of hydrogen-bond donors (Lipinski definition) is 6. The first-order valence-corrected chi connectivity index (χ1v) is 23.2. The minimum atomic E-state index is -2.08. The molecule has 0 spiro atoms. The Labute approximate surface area is 397 Å². The summed E-state index contributed by atoms with van der Waals surface area (Å²) in [6.45, 7) is 11.5. The molecule has 0 radical (unpaired) electrons. The van der Waals surface area contributed by atoms with E-state index in [0.717, 1.165) is 0 Å². The van der Waals surface area contributed by atoms with Gasteiger partial charge in [0.25, 0.3) is 5.56 Å². The van der Waals surface area contributed by atoms with E-state index >= 15 is 4.39 Å². The zero-order valence-corrected chi connectivity index (χ0v) is 39.6. The molecule has 3 aromatic rings. The van der Waals surface area contributed by atoms with Crippen LogP contribution in [-0.2, 0) is 82.4 Å². The summed E-state index contributed by atoms with van der Waals surface area (Å²) in [5, 5.41) is 22.5. The molecule has 2 aromatic heterocycles. The Balaban J connectivity index is 1.04. The van der Waals surface area contributed by atoms with Gasteiger partial charge in [-0.05, 0) is 69.7 Å². The number of nitrogens with zero attached hydrogens (tertiary/aromatic N) is 2. The zero-order valence-electron chi connectivity index (χ0n) is 39.6. The first kappa shape index (κ1) is 52.5. The van der Waals surface area contributed by atoms with E-state index in [0.29, 0.717) is 92.6 Å². The molecule has 0 saturated carbocycles. The molecule has 0 saturated heterocycles. The summed E-state index contributed by atoms with van der Waals surface area (Å²) in [6, 6.07) is -1.77. The second-order valence-electron chi connectivity index (χ2n) is 17.1. The Kier molecular flexibility index (Phi) is 17.9. The molecule has 1 aromatic carbocycles. The number of fused-ring (bicyclic) bond motifs is 5. The molecule has 0 unspecified atom stereocenters. The second kappa shape index (κ2) is 23.6. The Morgan fingerprint density at radius 1 is 0.870 bits per heavy atom. The summed E-state index contributed by atoms with van der Waals surface area (Å²) in [4.78, 5) is 97.0. The van der Waals surface area contributed by atoms with Crippen LogP contribution in [0.5, 0.6) is 0 Å². The summed E-state index contributed by atoms with van der Waals surface area (Å²) < 4.78 is 48.9. The molecule has 1 aliphatic carbocycles. The number of benzene rings is 1. The number of ether oxygens (including phenoxy) is 6. The number of aromatic nitrogens is 2. The molecule has 2 aliphatic heterocycles. The number of primary amides is 1. The van der Waals surface area contributed by atoms with Gasteiger partial charge in [-0.15, -0.1) is 0 Å². The van der Waals surface area contributed by atoms with E-state index < -0.39 is 83.1 Å². The normalized spacial score (nSPS) is 18.0. The summed E-state index contributed by atoms with van der Waals surface area (Å²) in [7, 11) is 0. The number of cyclic esters (lactones) is 1. The van der Waals surface area contributed by atoms with Crippen LogP contribution < -0.4 is 32.6 Å². The van der Waals surface area contributed by atoms with Crippen molar-refractivity contribution in [1.82, 2.24) is 30.8 Å². The van der Waals surface area contributed by atoms with Crippen LogP contribution in [0, 0.1) is 12.7 Å². The van der Waals surface area contributed by atoms with Gasteiger partial charge in [-0.1, -0.05) is 6.92 Å². The highest BCUT2D eigenvalue weighted by molar-refractivity contribution is 5.97. The summed E-state index contributed by atoms with van der Waals surface area (Å²) in [5.74, 6) is -5.08. The molecule has 5 amide bonds. The van der Waals surface area contributed by atoms with Gasteiger partial charge in [-0.25, -0.2) is 14.2 Å². The van der Waals surface area contributed by atoms with E-state index in [9.17, 15) is 38.7 Å². The first-order chi connectivity index (χ1) is 33.0. The van der Waals surface area contributed by atoms with Crippen LogP contribution in [0.3, 0.4) is 0 Å². The number of amides is 5. The molecular weight excluding hydrogens is 906 g/mol. The number of rotatable bonds is 26. The van der Waals surface area contributed by atoms with Crippen molar-refractivity contribution in [2.45, 2.75) is 110 Å².